The van der Waals surface area contributed by atoms with E-state index in [9.17, 15) is 4.79 Å². The van der Waals surface area contributed by atoms with Crippen LogP contribution in [0.2, 0.25) is 0 Å². The fourth-order valence-electron chi connectivity index (χ4n) is 2.54. The highest BCUT2D eigenvalue weighted by molar-refractivity contribution is 5.74. The molecule has 0 amide bonds. The topological polar surface area (TPSA) is 66.6 Å². The summed E-state index contributed by atoms with van der Waals surface area (Å²) >= 11 is 0. The van der Waals surface area contributed by atoms with Crippen LogP contribution in [0.5, 0.6) is 0 Å². The second-order valence-corrected chi connectivity index (χ2v) is 5.13. The minimum absolute atomic E-state index is 0.275. The predicted molar refractivity (Wildman–Crippen MR) is 59.7 cm³/mol. The zero-order valence-electron chi connectivity index (χ0n) is 9.86. The van der Waals surface area contributed by atoms with Gasteiger partial charge in [-0.25, -0.2) is 0 Å². The summed E-state index contributed by atoms with van der Waals surface area (Å²) in [7, 11) is 2.06. The molecule has 0 saturated carbocycles. The van der Waals surface area contributed by atoms with Crippen LogP contribution in [0, 0.1) is 5.41 Å². The molecule has 0 aromatic heterocycles. The van der Waals surface area contributed by atoms with Gasteiger partial charge in [0.05, 0.1) is 0 Å². The molecule has 15 heavy (non-hydrogen) atoms. The first-order chi connectivity index (χ1) is 6.87. The normalized spacial score (nSPS) is 26.3. The summed E-state index contributed by atoms with van der Waals surface area (Å²) in [4.78, 5) is 13.2. The smallest absolute Gasteiger partial charge is 0.321 e. The third-order valence-electron chi connectivity index (χ3n) is 3.70. The van der Waals surface area contributed by atoms with Crippen molar-refractivity contribution in [1.82, 2.24) is 4.90 Å². The lowest BCUT2D eigenvalue weighted by Gasteiger charge is -2.45. The van der Waals surface area contributed by atoms with E-state index in [-0.39, 0.29) is 11.5 Å². The number of carboxylic acids is 1. The average molecular weight is 214 g/mol. The Bertz CT molecular complexity index is 241. The van der Waals surface area contributed by atoms with Gasteiger partial charge in [-0.05, 0) is 26.4 Å². The first kappa shape index (κ1) is 12.5. The maximum Gasteiger partial charge on any atom is 0.321 e. The number of nitrogens with zero attached hydrogens (tertiary/aromatic N) is 1. The minimum atomic E-state index is -0.904. The largest absolute Gasteiger partial charge is 0.480 e. The second kappa shape index (κ2) is 4.49. The van der Waals surface area contributed by atoms with Crippen LogP contribution in [0.15, 0.2) is 0 Å². The molecule has 4 heteroatoms. The molecule has 1 aliphatic heterocycles. The number of hydrogen-bond acceptors (Lipinski definition) is 3. The molecule has 0 aromatic carbocycles. The minimum Gasteiger partial charge on any atom is -0.480 e. The van der Waals surface area contributed by atoms with Gasteiger partial charge in [0, 0.05) is 11.5 Å². The lowest BCUT2D eigenvalue weighted by Crippen LogP contribution is -2.56. The van der Waals surface area contributed by atoms with Gasteiger partial charge in [0.2, 0.25) is 0 Å². The molecule has 88 valence electrons. The molecule has 1 aliphatic rings. The van der Waals surface area contributed by atoms with E-state index in [1.54, 1.807) is 0 Å². The molecule has 1 saturated heterocycles. The maximum atomic E-state index is 11.0. The summed E-state index contributed by atoms with van der Waals surface area (Å²) in [6, 6.07) is -0.514. The highest BCUT2D eigenvalue weighted by Crippen LogP contribution is 2.33. The van der Waals surface area contributed by atoms with E-state index >= 15 is 0 Å². The van der Waals surface area contributed by atoms with Crippen LogP contribution >= 0.6 is 0 Å². The second-order valence-electron chi connectivity index (χ2n) is 5.13. The Morgan fingerprint density at radius 2 is 2.13 bits per heavy atom. The molecule has 0 aliphatic carbocycles. The Kier molecular flexibility index (Phi) is 3.73. The van der Waals surface area contributed by atoms with Crippen molar-refractivity contribution < 1.29 is 9.90 Å². The number of rotatable bonds is 3. The molecule has 1 heterocycles. The number of carboxylic acid groups (broad SMARTS) is 1. The van der Waals surface area contributed by atoms with Gasteiger partial charge < -0.3 is 15.7 Å². The van der Waals surface area contributed by atoms with Gasteiger partial charge in [-0.1, -0.05) is 20.3 Å². The molecular weight excluding hydrogens is 192 g/mol. The Morgan fingerprint density at radius 3 is 2.60 bits per heavy atom. The fourth-order valence-corrected chi connectivity index (χ4v) is 2.54. The van der Waals surface area contributed by atoms with E-state index in [0.29, 0.717) is 0 Å². The molecule has 4 nitrogen and oxygen atoms in total. The summed E-state index contributed by atoms with van der Waals surface area (Å²) in [6.07, 6.45) is 3.42. The number of aliphatic carboxylic acids is 1. The zero-order chi connectivity index (χ0) is 11.6. The van der Waals surface area contributed by atoms with E-state index in [2.05, 4.69) is 11.9 Å². The predicted octanol–water partition coefficient (Wildman–Crippen LogP) is 0.909. The van der Waals surface area contributed by atoms with E-state index < -0.39 is 12.0 Å². The third kappa shape index (κ3) is 2.49. The number of piperidine rings is 1. The number of likely N-dealkylation sites (tertiary alicyclic amines) is 1. The summed E-state index contributed by atoms with van der Waals surface area (Å²) < 4.78 is 0. The quantitative estimate of drug-likeness (QED) is 0.733. The molecule has 0 aromatic rings. The first-order valence-electron chi connectivity index (χ1n) is 5.56. The van der Waals surface area contributed by atoms with E-state index in [4.69, 9.17) is 10.8 Å². The van der Waals surface area contributed by atoms with E-state index in [1.165, 1.54) is 12.8 Å². The molecule has 2 atom stereocenters. The molecule has 1 rings (SSSR count). The van der Waals surface area contributed by atoms with Crippen LogP contribution in [-0.4, -0.2) is 41.7 Å². The lowest BCUT2D eigenvalue weighted by atomic mass is 9.74. The van der Waals surface area contributed by atoms with Crippen LogP contribution in [-0.2, 0) is 4.79 Å². The number of carbonyl (C=O) groups is 1. The monoisotopic (exact) mass is 214 g/mol. The van der Waals surface area contributed by atoms with Crippen LogP contribution in [0.3, 0.4) is 0 Å². The van der Waals surface area contributed by atoms with Gasteiger partial charge in [0.15, 0.2) is 0 Å². The van der Waals surface area contributed by atoms with Crippen molar-refractivity contribution in [3.05, 3.63) is 0 Å². The zero-order valence-corrected chi connectivity index (χ0v) is 9.86. The highest BCUT2D eigenvalue weighted by atomic mass is 16.4. The molecule has 3 N–H and O–H groups in total. The maximum absolute atomic E-state index is 11.0. The van der Waals surface area contributed by atoms with Crippen molar-refractivity contribution >= 4 is 5.97 Å². The van der Waals surface area contributed by atoms with E-state index in [0.717, 1.165) is 13.0 Å². The SMILES string of the molecule is CN1CCCCC1C(C)(C)C(N)C(=O)O. The van der Waals surface area contributed by atoms with Gasteiger partial charge in [0.25, 0.3) is 0 Å². The van der Waals surface area contributed by atoms with Crippen molar-refractivity contribution in [2.75, 3.05) is 13.6 Å². The highest BCUT2D eigenvalue weighted by Gasteiger charge is 2.41. The number of hydrogen-bond donors (Lipinski definition) is 2. The lowest BCUT2D eigenvalue weighted by molar-refractivity contribution is -0.143. The van der Waals surface area contributed by atoms with Gasteiger partial charge in [-0.3, -0.25) is 4.79 Å². The summed E-state index contributed by atoms with van der Waals surface area (Å²) in [5.74, 6) is -0.904. The van der Waals surface area contributed by atoms with Crippen LogP contribution in [0.4, 0.5) is 0 Å². The third-order valence-corrected chi connectivity index (χ3v) is 3.70. The van der Waals surface area contributed by atoms with Crippen LogP contribution in [0.1, 0.15) is 33.1 Å². The first-order valence-corrected chi connectivity index (χ1v) is 5.56. The van der Waals surface area contributed by atoms with Crippen LogP contribution in [0.25, 0.3) is 0 Å². The van der Waals surface area contributed by atoms with Crippen molar-refractivity contribution in [2.45, 2.75) is 45.2 Å². The molecule has 0 bridgehead atoms. The summed E-state index contributed by atoms with van der Waals surface area (Å²) in [5.41, 5.74) is 5.39. The molecule has 0 radical (unpaired) electrons. The molecular formula is C11H22N2O2. The van der Waals surface area contributed by atoms with Gasteiger partial charge >= 0.3 is 5.97 Å². The van der Waals surface area contributed by atoms with Gasteiger partial charge in [0.1, 0.15) is 6.04 Å². The van der Waals surface area contributed by atoms with E-state index in [1.807, 2.05) is 13.8 Å². The number of nitrogens with two attached hydrogens (primary N) is 1. The molecule has 1 fully saturated rings. The van der Waals surface area contributed by atoms with Gasteiger partial charge in [-0.15, -0.1) is 0 Å². The molecule has 0 spiro atoms. The van der Waals surface area contributed by atoms with Gasteiger partial charge in [-0.2, -0.15) is 0 Å². The Labute approximate surface area is 91.4 Å². The Morgan fingerprint density at radius 1 is 1.53 bits per heavy atom. The molecule has 2 unspecified atom stereocenters. The fraction of sp³-hybridized carbons (Fsp3) is 0.909. The van der Waals surface area contributed by atoms with Crippen molar-refractivity contribution in [2.24, 2.45) is 11.1 Å². The van der Waals surface area contributed by atoms with Crippen LogP contribution < -0.4 is 5.73 Å². The van der Waals surface area contributed by atoms with Crippen molar-refractivity contribution in [1.29, 1.82) is 0 Å². The summed E-state index contributed by atoms with van der Waals surface area (Å²) in [5, 5.41) is 8.99. The Balaban J connectivity index is 2.78. The Hall–Kier alpha value is -0.610. The summed E-state index contributed by atoms with van der Waals surface area (Å²) in [6.45, 7) is 4.96. The van der Waals surface area contributed by atoms with Crippen molar-refractivity contribution in [3.8, 4) is 0 Å². The average Bonchev–Trinajstić information content (AvgIpc) is 2.16. The standard InChI is InChI=1S/C11H22N2O2/c1-11(2,9(12)10(14)15)8-6-4-5-7-13(8)3/h8-9H,4-7,12H2,1-3H3,(H,14,15). The van der Waals surface area contributed by atoms with Crippen molar-refractivity contribution in [3.63, 3.8) is 0 Å².